The van der Waals surface area contributed by atoms with Gasteiger partial charge in [-0.05, 0) is 56.7 Å². The lowest BCUT2D eigenvalue weighted by Gasteiger charge is -2.22. The largest absolute Gasteiger partial charge is 0.376 e. The highest BCUT2D eigenvalue weighted by Gasteiger charge is 2.35. The predicted octanol–water partition coefficient (Wildman–Crippen LogP) is 3.27. The van der Waals surface area contributed by atoms with Gasteiger partial charge in [0, 0.05) is 11.6 Å². The van der Waals surface area contributed by atoms with E-state index in [0.717, 1.165) is 25.7 Å². The SMILES string of the molecule is N#CC1(NC(=O)CSc2nc3cc(Cl)ccc3c(=O)n2CC2CCCO2)CCCC1. The van der Waals surface area contributed by atoms with Crippen LogP contribution >= 0.6 is 23.4 Å². The van der Waals surface area contributed by atoms with Crippen molar-refractivity contribution in [3.8, 4) is 6.07 Å². The lowest BCUT2D eigenvalue weighted by atomic mass is 10.0. The van der Waals surface area contributed by atoms with E-state index in [1.54, 1.807) is 22.8 Å². The van der Waals surface area contributed by atoms with Gasteiger partial charge in [-0.2, -0.15) is 5.26 Å². The van der Waals surface area contributed by atoms with Crippen LogP contribution in [0, 0.1) is 11.3 Å². The first-order valence-electron chi connectivity index (χ1n) is 10.2. The van der Waals surface area contributed by atoms with Crippen LogP contribution in [0.3, 0.4) is 0 Å². The minimum Gasteiger partial charge on any atom is -0.376 e. The average Bonchev–Trinajstić information content (AvgIpc) is 3.41. The number of carbonyl (C=O) groups is 1. The molecule has 2 fully saturated rings. The summed E-state index contributed by atoms with van der Waals surface area (Å²) in [5.74, 6) is -0.152. The molecule has 1 amide bonds. The smallest absolute Gasteiger partial charge is 0.262 e. The van der Waals surface area contributed by atoms with Crippen molar-refractivity contribution in [2.45, 2.75) is 61.9 Å². The van der Waals surface area contributed by atoms with Crippen molar-refractivity contribution in [1.29, 1.82) is 5.26 Å². The molecule has 1 aromatic carbocycles. The molecular weight excluding hydrogens is 424 g/mol. The maximum absolute atomic E-state index is 13.1. The first kappa shape index (κ1) is 21.2. The number of carbonyl (C=O) groups excluding carboxylic acids is 1. The Kier molecular flexibility index (Phi) is 6.32. The van der Waals surface area contributed by atoms with Crippen LogP contribution in [0.15, 0.2) is 28.2 Å². The van der Waals surface area contributed by atoms with E-state index in [0.29, 0.717) is 47.1 Å². The number of nitrogens with zero attached hydrogens (tertiary/aromatic N) is 3. The monoisotopic (exact) mass is 446 g/mol. The fraction of sp³-hybridized carbons (Fsp3) is 0.524. The third-order valence-corrected chi connectivity index (χ3v) is 6.89. The van der Waals surface area contributed by atoms with Gasteiger partial charge < -0.3 is 10.1 Å². The Morgan fingerprint density at radius 1 is 1.40 bits per heavy atom. The van der Waals surface area contributed by atoms with E-state index in [4.69, 9.17) is 16.3 Å². The summed E-state index contributed by atoms with van der Waals surface area (Å²) >= 11 is 7.28. The Morgan fingerprint density at radius 3 is 2.90 bits per heavy atom. The van der Waals surface area contributed by atoms with E-state index in [2.05, 4.69) is 16.4 Å². The van der Waals surface area contributed by atoms with Gasteiger partial charge in [0.1, 0.15) is 5.54 Å². The molecule has 1 unspecified atom stereocenters. The van der Waals surface area contributed by atoms with Crippen molar-refractivity contribution in [3.05, 3.63) is 33.6 Å². The summed E-state index contributed by atoms with van der Waals surface area (Å²) in [6.45, 7) is 1.09. The Hall–Kier alpha value is -2.08. The number of ether oxygens (including phenoxy) is 1. The van der Waals surface area contributed by atoms with Gasteiger partial charge in [0.25, 0.3) is 5.56 Å². The van der Waals surface area contributed by atoms with Crippen molar-refractivity contribution in [2.24, 2.45) is 0 Å². The van der Waals surface area contributed by atoms with Gasteiger partial charge >= 0.3 is 0 Å². The molecule has 0 bridgehead atoms. The lowest BCUT2D eigenvalue weighted by molar-refractivity contribution is -0.119. The molecule has 1 aromatic heterocycles. The number of halogens is 1. The number of amides is 1. The number of rotatable bonds is 6. The molecule has 30 heavy (non-hydrogen) atoms. The maximum Gasteiger partial charge on any atom is 0.262 e. The quantitative estimate of drug-likeness (QED) is 0.540. The summed E-state index contributed by atoms with van der Waals surface area (Å²) in [5.41, 5.74) is -0.429. The minimum atomic E-state index is -0.765. The van der Waals surface area contributed by atoms with E-state index >= 15 is 0 Å². The molecule has 4 rings (SSSR count). The maximum atomic E-state index is 13.1. The number of hydrogen-bond donors (Lipinski definition) is 1. The summed E-state index contributed by atoms with van der Waals surface area (Å²) in [5, 5.41) is 13.8. The molecule has 1 atom stereocenters. The van der Waals surface area contributed by atoms with Crippen LogP contribution in [0.25, 0.3) is 10.9 Å². The molecule has 0 radical (unpaired) electrons. The minimum absolute atomic E-state index is 0.0391. The van der Waals surface area contributed by atoms with Crippen molar-refractivity contribution in [3.63, 3.8) is 0 Å². The Bertz CT molecular complexity index is 1050. The highest BCUT2D eigenvalue weighted by atomic mass is 35.5. The van der Waals surface area contributed by atoms with Crippen LogP contribution in [0.4, 0.5) is 0 Å². The van der Waals surface area contributed by atoms with Crippen LogP contribution in [-0.2, 0) is 16.1 Å². The number of aromatic nitrogens is 2. The van der Waals surface area contributed by atoms with E-state index < -0.39 is 5.54 Å². The van der Waals surface area contributed by atoms with Gasteiger partial charge in [-0.15, -0.1) is 0 Å². The number of thioether (sulfide) groups is 1. The number of hydrogen-bond acceptors (Lipinski definition) is 6. The topological polar surface area (TPSA) is 97.0 Å². The summed E-state index contributed by atoms with van der Waals surface area (Å²) in [6.07, 6.45) is 5.05. The number of nitrogens with one attached hydrogen (secondary N) is 1. The third kappa shape index (κ3) is 4.48. The normalized spacial score (nSPS) is 20.3. The summed E-state index contributed by atoms with van der Waals surface area (Å²) in [4.78, 5) is 30.3. The highest BCUT2D eigenvalue weighted by molar-refractivity contribution is 7.99. The van der Waals surface area contributed by atoms with Crippen LogP contribution in [-0.4, -0.2) is 39.5 Å². The van der Waals surface area contributed by atoms with Gasteiger partial charge in [-0.25, -0.2) is 4.98 Å². The van der Waals surface area contributed by atoms with Crippen LogP contribution in [0.1, 0.15) is 38.5 Å². The van der Waals surface area contributed by atoms with Crippen molar-refractivity contribution in [2.75, 3.05) is 12.4 Å². The molecule has 158 valence electrons. The summed E-state index contributed by atoms with van der Waals surface area (Å²) in [6, 6.07) is 7.27. The molecule has 7 nitrogen and oxygen atoms in total. The molecule has 2 aromatic rings. The van der Waals surface area contributed by atoms with Gasteiger partial charge in [-0.3, -0.25) is 14.2 Å². The fourth-order valence-corrected chi connectivity index (χ4v) is 5.09. The average molecular weight is 447 g/mol. The fourth-order valence-electron chi connectivity index (χ4n) is 4.11. The molecular formula is C21H23ClN4O3S. The van der Waals surface area contributed by atoms with Crippen molar-refractivity contribution >= 4 is 40.2 Å². The van der Waals surface area contributed by atoms with Crippen LogP contribution in [0.5, 0.6) is 0 Å². The van der Waals surface area contributed by atoms with Gasteiger partial charge in [0.2, 0.25) is 5.91 Å². The molecule has 0 spiro atoms. The highest BCUT2D eigenvalue weighted by Crippen LogP contribution is 2.29. The number of benzene rings is 1. The molecule has 1 aliphatic heterocycles. The van der Waals surface area contributed by atoms with E-state index in [9.17, 15) is 14.9 Å². The molecule has 1 saturated heterocycles. The van der Waals surface area contributed by atoms with Crippen LogP contribution < -0.4 is 10.9 Å². The zero-order valence-electron chi connectivity index (χ0n) is 16.5. The molecule has 9 heteroatoms. The Labute approximate surface area is 183 Å². The first-order valence-corrected chi connectivity index (χ1v) is 11.5. The second-order valence-corrected chi connectivity index (χ2v) is 9.22. The summed E-state index contributed by atoms with van der Waals surface area (Å²) < 4.78 is 7.30. The second-order valence-electron chi connectivity index (χ2n) is 7.84. The van der Waals surface area contributed by atoms with Gasteiger partial charge in [-0.1, -0.05) is 23.4 Å². The first-order chi connectivity index (χ1) is 14.5. The summed E-state index contributed by atoms with van der Waals surface area (Å²) in [7, 11) is 0. The molecule has 1 aliphatic carbocycles. The zero-order valence-corrected chi connectivity index (χ0v) is 18.1. The Morgan fingerprint density at radius 2 is 2.20 bits per heavy atom. The van der Waals surface area contributed by atoms with E-state index in [-0.39, 0.29) is 23.3 Å². The second kappa shape index (κ2) is 8.96. The molecule has 2 aliphatic rings. The van der Waals surface area contributed by atoms with E-state index in [1.165, 1.54) is 11.8 Å². The number of nitriles is 1. The zero-order chi connectivity index (χ0) is 21.1. The van der Waals surface area contributed by atoms with Crippen molar-refractivity contribution < 1.29 is 9.53 Å². The van der Waals surface area contributed by atoms with Gasteiger partial charge in [0.05, 0.1) is 35.4 Å². The Balaban J connectivity index is 1.58. The standard InChI is InChI=1S/C21H23ClN4O3S/c22-14-5-6-16-17(10-14)24-20(26(19(16)28)11-15-4-3-9-29-15)30-12-18(27)25-21(13-23)7-1-2-8-21/h5-6,10,15H,1-4,7-9,11-12H2,(H,25,27). The third-order valence-electron chi connectivity index (χ3n) is 5.67. The lowest BCUT2D eigenvalue weighted by Crippen LogP contribution is -2.46. The molecule has 1 N–H and O–H groups in total. The van der Waals surface area contributed by atoms with Crippen LogP contribution in [0.2, 0.25) is 5.02 Å². The van der Waals surface area contributed by atoms with Gasteiger partial charge in [0.15, 0.2) is 5.16 Å². The molecule has 2 heterocycles. The van der Waals surface area contributed by atoms with E-state index in [1.807, 2.05) is 0 Å². The predicted molar refractivity (Wildman–Crippen MR) is 116 cm³/mol. The number of fused-ring (bicyclic) bond motifs is 1. The molecule has 1 saturated carbocycles. The van der Waals surface area contributed by atoms with Crippen molar-refractivity contribution in [1.82, 2.24) is 14.9 Å².